The summed E-state index contributed by atoms with van der Waals surface area (Å²) < 4.78 is 5.03. The van der Waals surface area contributed by atoms with Gasteiger partial charge in [0, 0.05) is 12.3 Å². The Morgan fingerprint density at radius 2 is 2.40 bits per heavy atom. The van der Waals surface area contributed by atoms with Gasteiger partial charge in [-0.25, -0.2) is 0 Å². The van der Waals surface area contributed by atoms with Gasteiger partial charge in [0.2, 0.25) is 0 Å². The lowest BCUT2D eigenvalue weighted by Gasteiger charge is -2.18. The van der Waals surface area contributed by atoms with E-state index in [9.17, 15) is 4.79 Å². The average molecular weight is 200 g/mol. The van der Waals surface area contributed by atoms with Crippen molar-refractivity contribution in [2.24, 2.45) is 10.9 Å². The number of carbonyl (C=O) groups excluding carboxylic acids is 1. The Balaban J connectivity index is 2.41. The monoisotopic (exact) mass is 200 g/mol. The smallest absolute Gasteiger partial charge is 0.187 e. The van der Waals surface area contributed by atoms with Gasteiger partial charge >= 0.3 is 0 Å². The van der Waals surface area contributed by atoms with Gasteiger partial charge in [-0.2, -0.15) is 5.26 Å². The number of hydrogen-bond donors (Lipinski definition) is 0. The molecule has 4 nitrogen and oxygen atoms in total. The van der Waals surface area contributed by atoms with E-state index in [1.54, 1.807) is 25.3 Å². The molecule has 0 aromatic carbocycles. The van der Waals surface area contributed by atoms with Gasteiger partial charge in [-0.15, -0.1) is 0 Å². The van der Waals surface area contributed by atoms with Crippen molar-refractivity contribution >= 4 is 11.5 Å². The molecule has 0 spiro atoms. The molecule has 0 saturated carbocycles. The summed E-state index contributed by atoms with van der Waals surface area (Å²) in [7, 11) is 1.55. The van der Waals surface area contributed by atoms with Crippen LogP contribution < -0.4 is 0 Å². The van der Waals surface area contributed by atoms with Gasteiger partial charge in [-0.3, -0.25) is 9.79 Å². The van der Waals surface area contributed by atoms with E-state index in [0.717, 1.165) is 0 Å². The Morgan fingerprint density at radius 3 is 3.07 bits per heavy atom. The van der Waals surface area contributed by atoms with Crippen LogP contribution in [0.2, 0.25) is 0 Å². The van der Waals surface area contributed by atoms with Crippen LogP contribution in [0.3, 0.4) is 0 Å². The van der Waals surface area contributed by atoms with Crippen LogP contribution in [0.1, 0.15) is 0 Å². The Morgan fingerprint density at radius 1 is 1.60 bits per heavy atom. The van der Waals surface area contributed by atoms with Crippen molar-refractivity contribution in [3.8, 4) is 6.07 Å². The molecule has 0 radical (unpaired) electrons. The van der Waals surface area contributed by atoms with Crippen molar-refractivity contribution in [1.29, 1.82) is 5.26 Å². The van der Waals surface area contributed by atoms with E-state index in [4.69, 9.17) is 10.00 Å². The van der Waals surface area contributed by atoms with Crippen LogP contribution >= 0.6 is 0 Å². The molecule has 1 atom stereocenters. The maximum absolute atomic E-state index is 11.7. The molecule has 0 bridgehead atoms. The molecular formula is C11H8N2O2. The van der Waals surface area contributed by atoms with Crippen molar-refractivity contribution < 1.29 is 9.53 Å². The number of ether oxygens (including phenoxy) is 1. The molecule has 0 aromatic rings. The number of hydrogen-bond acceptors (Lipinski definition) is 4. The second-order valence-electron chi connectivity index (χ2n) is 3.16. The summed E-state index contributed by atoms with van der Waals surface area (Å²) in [4.78, 5) is 15.7. The van der Waals surface area contributed by atoms with Crippen molar-refractivity contribution in [2.45, 2.75) is 0 Å². The summed E-state index contributed by atoms with van der Waals surface area (Å²) in [5.41, 5.74) is 0.723. The standard InChI is InChI=1S/C11H8N2O2/c1-15-8-2-3-9-10(4-8)13-6-7(5-12)11(9)14/h2-4,6,9H,1H3. The van der Waals surface area contributed by atoms with E-state index >= 15 is 0 Å². The number of rotatable bonds is 1. The van der Waals surface area contributed by atoms with E-state index in [1.165, 1.54) is 6.20 Å². The molecule has 0 aromatic heterocycles. The second-order valence-corrected chi connectivity index (χ2v) is 3.16. The number of carbonyl (C=O) groups is 1. The fourth-order valence-electron chi connectivity index (χ4n) is 1.49. The van der Waals surface area contributed by atoms with E-state index in [-0.39, 0.29) is 11.4 Å². The van der Waals surface area contributed by atoms with Gasteiger partial charge in [-0.05, 0) is 6.08 Å². The van der Waals surface area contributed by atoms with Gasteiger partial charge in [-0.1, -0.05) is 6.08 Å². The van der Waals surface area contributed by atoms with Crippen LogP contribution in [0.5, 0.6) is 0 Å². The fraction of sp³-hybridized carbons (Fsp3) is 0.182. The Hall–Kier alpha value is -2.15. The lowest BCUT2D eigenvalue weighted by Crippen LogP contribution is -2.27. The first-order chi connectivity index (χ1) is 7.26. The third kappa shape index (κ3) is 1.48. The summed E-state index contributed by atoms with van der Waals surface area (Å²) in [5, 5.41) is 8.68. The lowest BCUT2D eigenvalue weighted by atomic mass is 9.88. The summed E-state index contributed by atoms with van der Waals surface area (Å²) in [6, 6.07) is 1.83. The first kappa shape index (κ1) is 9.41. The quantitative estimate of drug-likeness (QED) is 0.637. The van der Waals surface area contributed by atoms with Crippen LogP contribution in [0, 0.1) is 17.2 Å². The van der Waals surface area contributed by atoms with E-state index in [0.29, 0.717) is 11.5 Å². The molecule has 1 unspecified atom stereocenters. The van der Waals surface area contributed by atoms with Crippen molar-refractivity contribution in [3.05, 3.63) is 35.8 Å². The third-order valence-electron chi connectivity index (χ3n) is 2.31. The Bertz CT molecular complexity index is 475. The number of methoxy groups -OCH3 is 1. The first-order valence-corrected chi connectivity index (χ1v) is 4.42. The minimum Gasteiger partial charge on any atom is -0.497 e. The summed E-state index contributed by atoms with van der Waals surface area (Å²) in [6.07, 6.45) is 6.41. The van der Waals surface area contributed by atoms with Gasteiger partial charge in [0.05, 0.1) is 18.7 Å². The molecule has 1 aliphatic carbocycles. The normalized spacial score (nSPS) is 23.3. The van der Waals surface area contributed by atoms with Crippen molar-refractivity contribution in [2.75, 3.05) is 7.11 Å². The molecule has 15 heavy (non-hydrogen) atoms. The average Bonchev–Trinajstić information content (AvgIpc) is 2.29. The van der Waals surface area contributed by atoms with E-state index < -0.39 is 5.92 Å². The fourth-order valence-corrected chi connectivity index (χ4v) is 1.49. The predicted octanol–water partition coefficient (Wildman–Crippen LogP) is 1.13. The van der Waals surface area contributed by atoms with Crippen LogP contribution in [0.25, 0.3) is 0 Å². The topological polar surface area (TPSA) is 62.4 Å². The van der Waals surface area contributed by atoms with Crippen LogP contribution in [-0.4, -0.2) is 18.6 Å². The SMILES string of the molecule is COC1=CC2=NC=C(C#N)C(=O)C2C=C1. The number of nitriles is 1. The van der Waals surface area contributed by atoms with Gasteiger partial charge < -0.3 is 4.74 Å². The zero-order valence-electron chi connectivity index (χ0n) is 8.10. The highest BCUT2D eigenvalue weighted by Crippen LogP contribution is 2.22. The molecule has 0 amide bonds. The molecule has 1 aliphatic heterocycles. The van der Waals surface area contributed by atoms with Gasteiger partial charge in [0.25, 0.3) is 0 Å². The Labute approximate surface area is 86.9 Å². The number of nitrogens with zero attached hydrogens (tertiary/aromatic N) is 2. The maximum Gasteiger partial charge on any atom is 0.187 e. The molecule has 0 N–H and O–H groups in total. The summed E-state index contributed by atoms with van der Waals surface area (Å²) in [6.45, 7) is 0. The largest absolute Gasteiger partial charge is 0.497 e. The molecular weight excluding hydrogens is 192 g/mol. The molecule has 1 heterocycles. The number of allylic oxidation sites excluding steroid dienone is 4. The van der Waals surface area contributed by atoms with Gasteiger partial charge in [0.15, 0.2) is 5.78 Å². The van der Waals surface area contributed by atoms with Crippen molar-refractivity contribution in [3.63, 3.8) is 0 Å². The molecule has 2 rings (SSSR count). The lowest BCUT2D eigenvalue weighted by molar-refractivity contribution is -0.116. The first-order valence-electron chi connectivity index (χ1n) is 4.42. The predicted molar refractivity (Wildman–Crippen MR) is 53.9 cm³/mol. The third-order valence-corrected chi connectivity index (χ3v) is 2.31. The van der Waals surface area contributed by atoms with Crippen LogP contribution in [0.15, 0.2) is 40.8 Å². The zero-order valence-corrected chi connectivity index (χ0v) is 8.10. The molecule has 2 aliphatic rings. The highest BCUT2D eigenvalue weighted by atomic mass is 16.5. The molecule has 74 valence electrons. The second kappa shape index (κ2) is 3.54. The van der Waals surface area contributed by atoms with E-state index in [1.807, 2.05) is 6.07 Å². The van der Waals surface area contributed by atoms with Crippen LogP contribution in [0.4, 0.5) is 0 Å². The number of ketones is 1. The summed E-state index contributed by atoms with van der Waals surface area (Å²) in [5.74, 6) is 0.0281. The summed E-state index contributed by atoms with van der Waals surface area (Å²) >= 11 is 0. The van der Waals surface area contributed by atoms with Gasteiger partial charge in [0.1, 0.15) is 17.4 Å². The van der Waals surface area contributed by atoms with Crippen LogP contribution in [-0.2, 0) is 9.53 Å². The Kier molecular flexibility index (Phi) is 2.22. The highest BCUT2D eigenvalue weighted by Gasteiger charge is 2.29. The highest BCUT2D eigenvalue weighted by molar-refractivity contribution is 6.21. The van der Waals surface area contributed by atoms with E-state index in [2.05, 4.69) is 4.99 Å². The number of Topliss-reactive ketones (excluding diaryl/α,β-unsaturated/α-hetero) is 1. The number of aliphatic imine (C=N–C) groups is 1. The van der Waals surface area contributed by atoms with Crippen molar-refractivity contribution in [1.82, 2.24) is 0 Å². The number of fused-ring (bicyclic) bond motifs is 1. The molecule has 0 saturated heterocycles. The molecule has 0 fully saturated rings. The minimum absolute atomic E-state index is 0.0997. The zero-order chi connectivity index (χ0) is 10.8. The molecule has 4 heteroatoms. The maximum atomic E-state index is 11.7. The minimum atomic E-state index is -0.427.